The largest absolute Gasteiger partial charge is 0.333 e. The van der Waals surface area contributed by atoms with Crippen molar-refractivity contribution in [2.75, 3.05) is 0 Å². The molecule has 2 N–H and O–H groups in total. The van der Waals surface area contributed by atoms with Crippen LogP contribution in [0.2, 0.25) is 0 Å². The monoisotopic (exact) mass is 280 g/mol. The predicted octanol–water partition coefficient (Wildman–Crippen LogP) is 3.16. The molecule has 0 saturated carbocycles. The molecule has 0 saturated heterocycles. The quantitative estimate of drug-likeness (QED) is 0.724. The second kappa shape index (κ2) is 4.65. The van der Waals surface area contributed by atoms with E-state index in [1.54, 1.807) is 0 Å². The van der Waals surface area contributed by atoms with Crippen molar-refractivity contribution in [3.05, 3.63) is 41.2 Å². The van der Waals surface area contributed by atoms with Crippen LogP contribution in [0.1, 0.15) is 11.4 Å². The number of aryl methyl sites for hydroxylation is 1. The van der Waals surface area contributed by atoms with Gasteiger partial charge in [0.25, 0.3) is 0 Å². The van der Waals surface area contributed by atoms with Crippen LogP contribution in [0.5, 0.6) is 0 Å². The fourth-order valence-corrected chi connectivity index (χ4v) is 2.52. The van der Waals surface area contributed by atoms with Crippen LogP contribution in [0.4, 0.5) is 8.78 Å². The number of imidazole rings is 1. The molecule has 0 amide bonds. The van der Waals surface area contributed by atoms with Gasteiger partial charge in [-0.2, -0.15) is 5.10 Å². The van der Waals surface area contributed by atoms with Crippen molar-refractivity contribution in [2.45, 2.75) is 17.8 Å². The second-order valence-electron chi connectivity index (χ2n) is 4.16. The van der Waals surface area contributed by atoms with E-state index >= 15 is 0 Å². The van der Waals surface area contributed by atoms with Gasteiger partial charge >= 0.3 is 0 Å². The minimum atomic E-state index is -0.890. The maximum atomic E-state index is 13.1. The molecule has 0 atom stereocenters. The van der Waals surface area contributed by atoms with E-state index in [4.69, 9.17) is 0 Å². The maximum absolute atomic E-state index is 13.1. The smallest absolute Gasteiger partial charge is 0.166 e. The van der Waals surface area contributed by atoms with Crippen LogP contribution in [-0.2, 0) is 5.75 Å². The van der Waals surface area contributed by atoms with Crippen molar-refractivity contribution in [1.82, 2.24) is 20.2 Å². The van der Waals surface area contributed by atoms with E-state index in [1.807, 2.05) is 13.0 Å². The summed E-state index contributed by atoms with van der Waals surface area (Å²) in [5.41, 5.74) is 2.80. The van der Waals surface area contributed by atoms with Gasteiger partial charge < -0.3 is 4.98 Å². The van der Waals surface area contributed by atoms with Gasteiger partial charge in [0.2, 0.25) is 0 Å². The number of aromatic amines is 2. The summed E-state index contributed by atoms with van der Waals surface area (Å²) in [5, 5.41) is 7.57. The Labute approximate surface area is 111 Å². The summed E-state index contributed by atoms with van der Waals surface area (Å²) in [6, 6.07) is 4.14. The van der Waals surface area contributed by atoms with Crippen molar-refractivity contribution in [2.24, 2.45) is 0 Å². The third-order valence-electron chi connectivity index (χ3n) is 2.62. The number of nitrogens with one attached hydrogen (secondary N) is 2. The Morgan fingerprint density at radius 3 is 2.74 bits per heavy atom. The fourth-order valence-electron chi connectivity index (χ4n) is 1.74. The molecule has 7 heteroatoms. The molecule has 19 heavy (non-hydrogen) atoms. The highest BCUT2D eigenvalue weighted by Gasteiger charge is 2.09. The number of halogens is 2. The molecule has 0 aliphatic heterocycles. The summed E-state index contributed by atoms with van der Waals surface area (Å²) in [4.78, 5) is 7.15. The molecular weight excluding hydrogens is 270 g/mol. The SMILES string of the molecule is Cc1cc(CSc2nc3cc(F)c(F)cc3[nH]2)n[nH]1. The molecule has 98 valence electrons. The Morgan fingerprint density at radius 2 is 2.00 bits per heavy atom. The molecule has 0 fully saturated rings. The Hall–Kier alpha value is -1.89. The summed E-state index contributed by atoms with van der Waals surface area (Å²) in [6.45, 7) is 1.92. The Kier molecular flexibility index (Phi) is 2.98. The lowest BCUT2D eigenvalue weighted by molar-refractivity contribution is 0.510. The van der Waals surface area contributed by atoms with Gasteiger partial charge in [0.05, 0.1) is 16.7 Å². The number of benzene rings is 1. The molecule has 0 aliphatic rings. The molecule has 0 unspecified atom stereocenters. The van der Waals surface area contributed by atoms with E-state index in [1.165, 1.54) is 11.8 Å². The van der Waals surface area contributed by atoms with Gasteiger partial charge in [-0.1, -0.05) is 11.8 Å². The molecular formula is C12H10F2N4S. The number of thioether (sulfide) groups is 1. The van der Waals surface area contributed by atoms with Crippen molar-refractivity contribution in [3.8, 4) is 0 Å². The van der Waals surface area contributed by atoms with E-state index in [9.17, 15) is 8.78 Å². The van der Waals surface area contributed by atoms with Crippen LogP contribution >= 0.6 is 11.8 Å². The first-order valence-corrected chi connectivity index (χ1v) is 6.59. The molecule has 4 nitrogen and oxygen atoms in total. The number of fused-ring (bicyclic) bond motifs is 1. The van der Waals surface area contributed by atoms with E-state index in [0.717, 1.165) is 23.5 Å². The van der Waals surface area contributed by atoms with Crippen LogP contribution in [0.3, 0.4) is 0 Å². The first kappa shape index (κ1) is 12.2. The summed E-state index contributed by atoms with van der Waals surface area (Å²) in [7, 11) is 0. The minimum Gasteiger partial charge on any atom is -0.333 e. The molecule has 3 rings (SSSR count). The highest BCUT2D eigenvalue weighted by atomic mass is 32.2. The van der Waals surface area contributed by atoms with Gasteiger partial charge in [-0.25, -0.2) is 13.8 Å². The topological polar surface area (TPSA) is 57.4 Å². The predicted molar refractivity (Wildman–Crippen MR) is 68.9 cm³/mol. The lowest BCUT2D eigenvalue weighted by Gasteiger charge is -1.92. The highest BCUT2D eigenvalue weighted by molar-refractivity contribution is 7.98. The van der Waals surface area contributed by atoms with Crippen LogP contribution in [0, 0.1) is 18.6 Å². The molecule has 2 aromatic heterocycles. The van der Waals surface area contributed by atoms with E-state index in [2.05, 4.69) is 20.2 Å². The van der Waals surface area contributed by atoms with Gasteiger partial charge in [0.1, 0.15) is 0 Å². The van der Waals surface area contributed by atoms with Gasteiger partial charge in [-0.15, -0.1) is 0 Å². The van der Waals surface area contributed by atoms with Gasteiger partial charge in [-0.05, 0) is 13.0 Å². The molecule has 0 bridgehead atoms. The summed E-state index contributed by atoms with van der Waals surface area (Å²) in [6.07, 6.45) is 0. The zero-order chi connectivity index (χ0) is 13.4. The number of aromatic nitrogens is 4. The number of H-pyrrole nitrogens is 2. The number of rotatable bonds is 3. The molecule has 0 radical (unpaired) electrons. The second-order valence-corrected chi connectivity index (χ2v) is 5.12. The zero-order valence-electron chi connectivity index (χ0n) is 10.00. The summed E-state index contributed by atoms with van der Waals surface area (Å²) in [5.74, 6) is -1.14. The number of hydrogen-bond donors (Lipinski definition) is 2. The maximum Gasteiger partial charge on any atom is 0.166 e. The van der Waals surface area contributed by atoms with Crippen LogP contribution in [-0.4, -0.2) is 20.2 Å². The highest BCUT2D eigenvalue weighted by Crippen LogP contribution is 2.24. The van der Waals surface area contributed by atoms with E-state index < -0.39 is 11.6 Å². The van der Waals surface area contributed by atoms with Crippen molar-refractivity contribution in [3.63, 3.8) is 0 Å². The van der Waals surface area contributed by atoms with E-state index in [-0.39, 0.29) is 0 Å². The van der Waals surface area contributed by atoms with Gasteiger partial charge in [0, 0.05) is 23.6 Å². The third kappa shape index (κ3) is 2.46. The number of nitrogens with zero attached hydrogens (tertiary/aromatic N) is 2. The normalized spacial score (nSPS) is 11.3. The Morgan fingerprint density at radius 1 is 1.21 bits per heavy atom. The van der Waals surface area contributed by atoms with Crippen molar-refractivity contribution < 1.29 is 8.78 Å². The van der Waals surface area contributed by atoms with Gasteiger partial charge in [0.15, 0.2) is 16.8 Å². The molecule has 1 aromatic carbocycles. The zero-order valence-corrected chi connectivity index (χ0v) is 10.8. The molecule has 0 aliphatic carbocycles. The molecule has 0 spiro atoms. The van der Waals surface area contributed by atoms with Crippen LogP contribution in [0.25, 0.3) is 11.0 Å². The van der Waals surface area contributed by atoms with E-state index in [0.29, 0.717) is 21.9 Å². The lowest BCUT2D eigenvalue weighted by Crippen LogP contribution is -1.82. The minimum absolute atomic E-state index is 0.416. The first-order chi connectivity index (χ1) is 9.11. The lowest BCUT2D eigenvalue weighted by atomic mass is 10.3. The Balaban J connectivity index is 1.81. The fraction of sp³-hybridized carbons (Fsp3) is 0.167. The molecule has 3 aromatic rings. The summed E-state index contributed by atoms with van der Waals surface area (Å²) >= 11 is 1.43. The van der Waals surface area contributed by atoms with Crippen LogP contribution in [0.15, 0.2) is 23.4 Å². The van der Waals surface area contributed by atoms with Crippen LogP contribution < -0.4 is 0 Å². The standard InChI is InChI=1S/C12H10F2N4S/c1-6-2-7(18-17-6)5-19-12-15-10-3-8(13)9(14)4-11(10)16-12/h2-4H,5H2,1H3,(H,15,16)(H,17,18). The number of hydrogen-bond acceptors (Lipinski definition) is 3. The van der Waals surface area contributed by atoms with Crippen molar-refractivity contribution >= 4 is 22.8 Å². The first-order valence-electron chi connectivity index (χ1n) is 5.60. The third-order valence-corrected chi connectivity index (χ3v) is 3.52. The average Bonchev–Trinajstić information content (AvgIpc) is 2.93. The van der Waals surface area contributed by atoms with Crippen molar-refractivity contribution in [1.29, 1.82) is 0 Å². The molecule has 2 heterocycles. The average molecular weight is 280 g/mol. The van der Waals surface area contributed by atoms with Gasteiger partial charge in [-0.3, -0.25) is 5.10 Å². The Bertz CT molecular complexity index is 695. The summed E-state index contributed by atoms with van der Waals surface area (Å²) < 4.78 is 26.1.